The Kier molecular flexibility index (Phi) is 5.25. The van der Waals surface area contributed by atoms with Gasteiger partial charge >= 0.3 is 6.09 Å². The monoisotopic (exact) mass is 243 g/mol. The maximum atomic E-state index is 12.0. The topological polar surface area (TPSA) is 49.8 Å². The summed E-state index contributed by atoms with van der Waals surface area (Å²) in [6, 6.07) is 0.241. The Balaban J connectivity index is 2.54. The maximum Gasteiger partial charge on any atom is 0.410 e. The standard InChI is InChI=1S/C13H25NO3/c1-13(2,3)17-12(16)14-9-5-4-7-11(14)8-6-10-15/h11,15H,4-10H2,1-3H3/t11-/m1/s1. The van der Waals surface area contributed by atoms with Gasteiger partial charge in [0.2, 0.25) is 0 Å². The number of piperidine rings is 1. The minimum Gasteiger partial charge on any atom is -0.444 e. The van der Waals surface area contributed by atoms with Crippen molar-refractivity contribution in [2.24, 2.45) is 0 Å². The van der Waals surface area contributed by atoms with Crippen LogP contribution in [0.1, 0.15) is 52.9 Å². The van der Waals surface area contributed by atoms with Crippen molar-refractivity contribution in [3.05, 3.63) is 0 Å². The quantitative estimate of drug-likeness (QED) is 0.828. The first kappa shape index (κ1) is 14.3. The maximum absolute atomic E-state index is 12.0. The van der Waals surface area contributed by atoms with Gasteiger partial charge in [0.05, 0.1) is 0 Å². The van der Waals surface area contributed by atoms with Crippen molar-refractivity contribution in [1.82, 2.24) is 4.90 Å². The molecule has 1 saturated heterocycles. The number of carbonyl (C=O) groups excluding carboxylic acids is 1. The van der Waals surface area contributed by atoms with E-state index in [0.29, 0.717) is 0 Å². The van der Waals surface area contributed by atoms with E-state index in [1.165, 1.54) is 0 Å². The molecule has 0 spiro atoms. The SMILES string of the molecule is CC(C)(C)OC(=O)N1CCCC[C@@H]1CCCO. The molecule has 4 heteroatoms. The van der Waals surface area contributed by atoms with Crippen LogP contribution in [0.5, 0.6) is 0 Å². The molecule has 1 N–H and O–H groups in total. The van der Waals surface area contributed by atoms with E-state index in [-0.39, 0.29) is 18.7 Å². The van der Waals surface area contributed by atoms with Crippen molar-refractivity contribution >= 4 is 6.09 Å². The van der Waals surface area contributed by atoms with E-state index in [4.69, 9.17) is 9.84 Å². The van der Waals surface area contributed by atoms with Crippen molar-refractivity contribution in [3.63, 3.8) is 0 Å². The number of hydrogen-bond acceptors (Lipinski definition) is 3. The van der Waals surface area contributed by atoms with Gasteiger partial charge in [-0.05, 0) is 52.9 Å². The highest BCUT2D eigenvalue weighted by Crippen LogP contribution is 2.23. The molecule has 0 bridgehead atoms. The first-order valence-electron chi connectivity index (χ1n) is 6.54. The normalized spacial score (nSPS) is 21.4. The average molecular weight is 243 g/mol. The number of rotatable bonds is 3. The molecule has 1 heterocycles. The third kappa shape index (κ3) is 4.94. The average Bonchev–Trinajstić information content (AvgIpc) is 2.24. The fourth-order valence-corrected chi connectivity index (χ4v) is 2.19. The van der Waals surface area contributed by atoms with Gasteiger partial charge in [0.25, 0.3) is 0 Å². The lowest BCUT2D eigenvalue weighted by atomic mass is 9.98. The van der Waals surface area contributed by atoms with Crippen molar-refractivity contribution in [1.29, 1.82) is 0 Å². The summed E-state index contributed by atoms with van der Waals surface area (Å²) in [6.45, 7) is 6.64. The molecule has 0 aromatic heterocycles. The summed E-state index contributed by atoms with van der Waals surface area (Å²) in [7, 11) is 0. The molecule has 1 aliphatic rings. The largest absolute Gasteiger partial charge is 0.444 e. The molecule has 1 aliphatic heterocycles. The Bertz CT molecular complexity index is 248. The van der Waals surface area contributed by atoms with Gasteiger partial charge in [-0.2, -0.15) is 0 Å². The fourth-order valence-electron chi connectivity index (χ4n) is 2.19. The van der Waals surface area contributed by atoms with Crippen LogP contribution in [-0.2, 0) is 4.74 Å². The van der Waals surface area contributed by atoms with Crippen molar-refractivity contribution in [2.45, 2.75) is 64.5 Å². The summed E-state index contributed by atoms with van der Waals surface area (Å²) < 4.78 is 5.41. The molecule has 1 atom stereocenters. The Labute approximate surface area is 104 Å². The molecule has 0 aromatic carbocycles. The van der Waals surface area contributed by atoms with Gasteiger partial charge in [0, 0.05) is 19.2 Å². The molecule has 0 aromatic rings. The third-order valence-electron chi connectivity index (χ3n) is 2.95. The molecule has 0 radical (unpaired) electrons. The Morgan fingerprint density at radius 2 is 2.12 bits per heavy atom. The third-order valence-corrected chi connectivity index (χ3v) is 2.95. The van der Waals surface area contributed by atoms with Crippen molar-refractivity contribution in [3.8, 4) is 0 Å². The van der Waals surface area contributed by atoms with Gasteiger partial charge < -0.3 is 14.7 Å². The second kappa shape index (κ2) is 6.24. The van der Waals surface area contributed by atoms with E-state index in [1.807, 2.05) is 25.7 Å². The molecular formula is C13H25NO3. The Morgan fingerprint density at radius 1 is 1.41 bits per heavy atom. The first-order chi connectivity index (χ1) is 7.94. The Morgan fingerprint density at radius 3 is 2.71 bits per heavy atom. The van der Waals surface area contributed by atoms with Gasteiger partial charge in [-0.15, -0.1) is 0 Å². The predicted molar refractivity (Wildman–Crippen MR) is 66.9 cm³/mol. The van der Waals surface area contributed by atoms with Crippen LogP contribution in [0.2, 0.25) is 0 Å². The number of aliphatic hydroxyl groups excluding tert-OH is 1. The number of ether oxygens (including phenoxy) is 1. The van der Waals surface area contributed by atoms with Crippen LogP contribution in [0.25, 0.3) is 0 Å². The van der Waals surface area contributed by atoms with Crippen LogP contribution in [-0.4, -0.2) is 40.9 Å². The molecule has 1 rings (SSSR count). The van der Waals surface area contributed by atoms with Gasteiger partial charge in [-0.1, -0.05) is 0 Å². The first-order valence-corrected chi connectivity index (χ1v) is 6.54. The van der Waals surface area contributed by atoms with Crippen LogP contribution < -0.4 is 0 Å². The van der Waals surface area contributed by atoms with Crippen LogP contribution in [0.4, 0.5) is 4.79 Å². The van der Waals surface area contributed by atoms with Crippen LogP contribution in [0.15, 0.2) is 0 Å². The summed E-state index contributed by atoms with van der Waals surface area (Å²) >= 11 is 0. The summed E-state index contributed by atoms with van der Waals surface area (Å²) in [6.07, 6.45) is 4.66. The van der Waals surface area contributed by atoms with Gasteiger partial charge in [-0.3, -0.25) is 0 Å². The summed E-state index contributed by atoms with van der Waals surface area (Å²) in [4.78, 5) is 13.9. The van der Waals surface area contributed by atoms with Crippen LogP contribution >= 0.6 is 0 Å². The smallest absolute Gasteiger partial charge is 0.410 e. The second-order valence-electron chi connectivity index (χ2n) is 5.69. The number of hydrogen-bond donors (Lipinski definition) is 1. The van der Waals surface area contributed by atoms with Crippen LogP contribution in [0, 0.1) is 0 Å². The summed E-state index contributed by atoms with van der Waals surface area (Å²) in [5.74, 6) is 0. The van der Waals surface area contributed by atoms with E-state index in [1.54, 1.807) is 0 Å². The molecule has 100 valence electrons. The molecule has 0 unspecified atom stereocenters. The highest BCUT2D eigenvalue weighted by molar-refractivity contribution is 5.68. The number of nitrogens with zero attached hydrogens (tertiary/aromatic N) is 1. The lowest BCUT2D eigenvalue weighted by Gasteiger charge is -2.36. The lowest BCUT2D eigenvalue weighted by molar-refractivity contribution is 0.00811. The van der Waals surface area contributed by atoms with E-state index in [9.17, 15) is 4.79 Å². The minimum atomic E-state index is -0.434. The van der Waals surface area contributed by atoms with E-state index in [2.05, 4.69) is 0 Å². The van der Waals surface area contributed by atoms with E-state index < -0.39 is 5.60 Å². The Hall–Kier alpha value is -0.770. The van der Waals surface area contributed by atoms with E-state index >= 15 is 0 Å². The summed E-state index contributed by atoms with van der Waals surface area (Å²) in [5.41, 5.74) is -0.434. The van der Waals surface area contributed by atoms with Gasteiger partial charge in [0.15, 0.2) is 0 Å². The number of carbonyl (C=O) groups is 1. The van der Waals surface area contributed by atoms with Crippen LogP contribution in [0.3, 0.4) is 0 Å². The number of aliphatic hydroxyl groups is 1. The van der Waals surface area contributed by atoms with Gasteiger partial charge in [-0.25, -0.2) is 4.79 Å². The second-order valence-corrected chi connectivity index (χ2v) is 5.69. The molecular weight excluding hydrogens is 218 g/mol. The highest BCUT2D eigenvalue weighted by atomic mass is 16.6. The highest BCUT2D eigenvalue weighted by Gasteiger charge is 2.29. The van der Waals surface area contributed by atoms with E-state index in [0.717, 1.165) is 38.6 Å². The lowest BCUT2D eigenvalue weighted by Crippen LogP contribution is -2.46. The zero-order chi connectivity index (χ0) is 12.9. The molecule has 1 fully saturated rings. The summed E-state index contributed by atoms with van der Waals surface area (Å²) in [5, 5.41) is 8.87. The molecule has 0 saturated carbocycles. The predicted octanol–water partition coefficient (Wildman–Crippen LogP) is 2.55. The van der Waals surface area contributed by atoms with Crippen molar-refractivity contribution in [2.75, 3.05) is 13.2 Å². The molecule has 1 amide bonds. The minimum absolute atomic E-state index is 0.193. The van der Waals surface area contributed by atoms with Crippen molar-refractivity contribution < 1.29 is 14.6 Å². The molecule has 17 heavy (non-hydrogen) atoms. The number of amides is 1. The number of likely N-dealkylation sites (tertiary alicyclic amines) is 1. The molecule has 4 nitrogen and oxygen atoms in total. The zero-order valence-corrected chi connectivity index (χ0v) is 11.2. The molecule has 0 aliphatic carbocycles. The van der Waals surface area contributed by atoms with Gasteiger partial charge in [0.1, 0.15) is 5.60 Å². The zero-order valence-electron chi connectivity index (χ0n) is 11.2. The fraction of sp³-hybridized carbons (Fsp3) is 0.923.